The van der Waals surface area contributed by atoms with Crippen molar-refractivity contribution < 1.29 is 19.7 Å². The molecular weight excluding hydrogens is 276 g/mol. The van der Waals surface area contributed by atoms with Crippen molar-refractivity contribution >= 4 is 6.09 Å². The van der Waals surface area contributed by atoms with Gasteiger partial charge >= 0.3 is 6.09 Å². The largest absolute Gasteiger partial charge is 0.444 e. The minimum absolute atomic E-state index is 0.0854. The Labute approximate surface area is 123 Å². The highest BCUT2D eigenvalue weighted by Gasteiger charge is 2.21. The highest BCUT2D eigenvalue weighted by Crippen LogP contribution is 2.14. The van der Waals surface area contributed by atoms with E-state index in [9.17, 15) is 19.8 Å². The van der Waals surface area contributed by atoms with Crippen LogP contribution in [0.1, 0.15) is 38.9 Å². The predicted molar refractivity (Wildman–Crippen MR) is 76.9 cm³/mol. The fourth-order valence-corrected chi connectivity index (χ4v) is 1.66. The van der Waals surface area contributed by atoms with Gasteiger partial charge in [-0.2, -0.15) is 0 Å². The maximum absolute atomic E-state index is 11.5. The Morgan fingerprint density at radius 1 is 1.43 bits per heavy atom. The first-order valence-corrected chi connectivity index (χ1v) is 6.70. The first-order chi connectivity index (χ1) is 9.70. The molecule has 7 nitrogen and oxygen atoms in total. The highest BCUT2D eigenvalue weighted by atomic mass is 16.6. The second kappa shape index (κ2) is 7.24. The Kier molecular flexibility index (Phi) is 5.92. The summed E-state index contributed by atoms with van der Waals surface area (Å²) in [5.41, 5.74) is -0.873. The number of ether oxygens (including phenoxy) is 1. The van der Waals surface area contributed by atoms with E-state index >= 15 is 0 Å². The Hall–Kier alpha value is -1.86. The molecule has 0 spiro atoms. The molecule has 21 heavy (non-hydrogen) atoms. The van der Waals surface area contributed by atoms with Crippen molar-refractivity contribution in [1.29, 1.82) is 0 Å². The second-order valence-corrected chi connectivity index (χ2v) is 5.69. The summed E-state index contributed by atoms with van der Waals surface area (Å²) < 4.78 is 5.03. The summed E-state index contributed by atoms with van der Waals surface area (Å²) in [6, 6.07) is 1.27. The summed E-state index contributed by atoms with van der Waals surface area (Å²) in [5.74, 6) is 0. The molecule has 0 saturated heterocycles. The molecule has 4 N–H and O–H groups in total. The first kappa shape index (κ1) is 17.2. The van der Waals surface area contributed by atoms with E-state index in [1.807, 2.05) is 0 Å². The van der Waals surface area contributed by atoms with Gasteiger partial charge in [0.05, 0.1) is 6.10 Å². The van der Waals surface area contributed by atoms with Crippen LogP contribution in [0.25, 0.3) is 0 Å². The van der Waals surface area contributed by atoms with E-state index in [0.717, 1.165) is 0 Å². The van der Waals surface area contributed by atoms with Gasteiger partial charge in [0.2, 0.25) is 0 Å². The zero-order valence-electron chi connectivity index (χ0n) is 12.4. The zero-order valence-corrected chi connectivity index (χ0v) is 12.4. The molecule has 0 bridgehead atoms. The summed E-state index contributed by atoms with van der Waals surface area (Å²) in [5, 5.41) is 22.2. The molecule has 1 aromatic heterocycles. The van der Waals surface area contributed by atoms with Crippen molar-refractivity contribution in [2.45, 2.75) is 45.0 Å². The molecule has 1 heterocycles. The van der Waals surface area contributed by atoms with E-state index in [1.165, 1.54) is 18.5 Å². The van der Waals surface area contributed by atoms with Gasteiger partial charge in [0.25, 0.3) is 0 Å². The number of pyridine rings is 1. The molecule has 2 atom stereocenters. The molecule has 1 amide bonds. The maximum Gasteiger partial charge on any atom is 0.407 e. The van der Waals surface area contributed by atoms with Crippen molar-refractivity contribution in [2.75, 3.05) is 6.54 Å². The van der Waals surface area contributed by atoms with Crippen molar-refractivity contribution in [3.63, 3.8) is 0 Å². The first-order valence-electron chi connectivity index (χ1n) is 6.70. The standard InChI is InChI=1S/C14H22N2O5/c1-14(2,3)21-13(20)16-7-5-11(18)12(19)9-8-15-6-4-10(9)17/h4,6,8,11-12,18-19H,5,7H2,1-3H3,(H,15,17)(H,16,20). The summed E-state index contributed by atoms with van der Waals surface area (Å²) in [4.78, 5) is 25.6. The SMILES string of the molecule is CC(C)(C)OC(=O)NCCC(O)C(O)c1c[nH]ccc1=O. The van der Waals surface area contributed by atoms with Crippen LogP contribution in [-0.4, -0.2) is 39.5 Å². The number of aliphatic hydroxyl groups excluding tert-OH is 2. The van der Waals surface area contributed by atoms with Crippen LogP contribution in [-0.2, 0) is 4.74 Å². The molecule has 118 valence electrons. The third-order valence-corrected chi connectivity index (χ3v) is 2.65. The normalized spacial score (nSPS) is 14.3. The van der Waals surface area contributed by atoms with Crippen molar-refractivity contribution in [1.82, 2.24) is 10.3 Å². The van der Waals surface area contributed by atoms with Gasteiger partial charge in [-0.1, -0.05) is 0 Å². The van der Waals surface area contributed by atoms with Gasteiger partial charge in [0.1, 0.15) is 11.7 Å². The van der Waals surface area contributed by atoms with E-state index < -0.39 is 23.9 Å². The van der Waals surface area contributed by atoms with Crippen molar-refractivity contribution in [3.05, 3.63) is 34.2 Å². The van der Waals surface area contributed by atoms with Gasteiger partial charge in [-0.15, -0.1) is 0 Å². The number of aromatic amines is 1. The average Bonchev–Trinajstić information content (AvgIpc) is 2.36. The summed E-state index contributed by atoms with van der Waals surface area (Å²) in [6.07, 6.45) is -0.193. The Balaban J connectivity index is 2.44. The van der Waals surface area contributed by atoms with Crippen molar-refractivity contribution in [2.24, 2.45) is 0 Å². The highest BCUT2D eigenvalue weighted by molar-refractivity contribution is 5.67. The molecule has 0 aromatic carbocycles. The number of alkyl carbamates (subject to hydrolysis) is 1. The fraction of sp³-hybridized carbons (Fsp3) is 0.571. The number of carbonyl (C=O) groups is 1. The van der Waals surface area contributed by atoms with E-state index in [4.69, 9.17) is 4.74 Å². The lowest BCUT2D eigenvalue weighted by atomic mass is 10.0. The lowest BCUT2D eigenvalue weighted by Crippen LogP contribution is -2.35. The third kappa shape index (κ3) is 5.97. The summed E-state index contributed by atoms with van der Waals surface area (Å²) >= 11 is 0. The maximum atomic E-state index is 11.5. The molecular formula is C14H22N2O5. The molecule has 1 rings (SSSR count). The number of amides is 1. The molecule has 0 aliphatic carbocycles. The van der Waals surface area contributed by atoms with Crippen LogP contribution < -0.4 is 10.7 Å². The quantitative estimate of drug-likeness (QED) is 0.639. The Morgan fingerprint density at radius 3 is 2.67 bits per heavy atom. The molecule has 0 fully saturated rings. The van der Waals surface area contributed by atoms with Gasteiger partial charge in [-0.3, -0.25) is 4.79 Å². The van der Waals surface area contributed by atoms with Crippen LogP contribution >= 0.6 is 0 Å². The number of nitrogens with one attached hydrogen (secondary N) is 2. The van der Waals surface area contributed by atoms with Gasteiger partial charge < -0.3 is 25.3 Å². The number of hydrogen-bond acceptors (Lipinski definition) is 5. The lowest BCUT2D eigenvalue weighted by Gasteiger charge is -2.21. The summed E-state index contributed by atoms with van der Waals surface area (Å²) in [6.45, 7) is 5.35. The second-order valence-electron chi connectivity index (χ2n) is 5.69. The average molecular weight is 298 g/mol. The minimum atomic E-state index is -1.31. The molecule has 1 aromatic rings. The lowest BCUT2D eigenvalue weighted by molar-refractivity contribution is 0.0116. The van der Waals surface area contributed by atoms with E-state index in [1.54, 1.807) is 20.8 Å². The van der Waals surface area contributed by atoms with E-state index in [-0.39, 0.29) is 24.0 Å². The van der Waals surface area contributed by atoms with Crippen LogP contribution in [0.3, 0.4) is 0 Å². The summed E-state index contributed by atoms with van der Waals surface area (Å²) in [7, 11) is 0. The topological polar surface area (TPSA) is 112 Å². The van der Waals surface area contributed by atoms with Gasteiger partial charge in [-0.25, -0.2) is 4.79 Å². The predicted octanol–water partition coefficient (Wildman–Crippen LogP) is 0.684. The molecule has 0 radical (unpaired) electrons. The molecule has 2 unspecified atom stereocenters. The molecule has 0 aliphatic rings. The van der Waals surface area contributed by atoms with Crippen LogP contribution in [0, 0.1) is 0 Å². The van der Waals surface area contributed by atoms with E-state index in [2.05, 4.69) is 10.3 Å². The van der Waals surface area contributed by atoms with Crippen LogP contribution in [0.15, 0.2) is 23.3 Å². The van der Waals surface area contributed by atoms with Gasteiger partial charge in [-0.05, 0) is 27.2 Å². The van der Waals surface area contributed by atoms with E-state index in [0.29, 0.717) is 0 Å². The Morgan fingerprint density at radius 2 is 2.10 bits per heavy atom. The molecule has 7 heteroatoms. The van der Waals surface area contributed by atoms with Gasteiger partial charge in [0, 0.05) is 30.6 Å². The van der Waals surface area contributed by atoms with Crippen LogP contribution in [0.5, 0.6) is 0 Å². The Bertz CT molecular complexity index is 521. The van der Waals surface area contributed by atoms with Crippen LogP contribution in [0.2, 0.25) is 0 Å². The number of H-pyrrole nitrogens is 1. The zero-order chi connectivity index (χ0) is 16.0. The number of aromatic nitrogens is 1. The fourth-order valence-electron chi connectivity index (χ4n) is 1.66. The van der Waals surface area contributed by atoms with Crippen molar-refractivity contribution in [3.8, 4) is 0 Å². The molecule has 0 saturated carbocycles. The third-order valence-electron chi connectivity index (χ3n) is 2.65. The number of rotatable bonds is 5. The number of hydrogen-bond donors (Lipinski definition) is 4. The van der Waals surface area contributed by atoms with Gasteiger partial charge in [0.15, 0.2) is 5.43 Å². The smallest absolute Gasteiger partial charge is 0.407 e. The number of carbonyl (C=O) groups excluding carboxylic acids is 1. The van der Waals surface area contributed by atoms with Crippen LogP contribution in [0.4, 0.5) is 4.79 Å². The number of aliphatic hydroxyl groups is 2. The molecule has 0 aliphatic heterocycles. The minimum Gasteiger partial charge on any atom is -0.444 e. The monoisotopic (exact) mass is 298 g/mol.